The number of hydrogen-bond acceptors (Lipinski definition) is 3. The minimum absolute atomic E-state index is 0.180. The zero-order valence-corrected chi connectivity index (χ0v) is 17.0. The van der Waals surface area contributed by atoms with Gasteiger partial charge in [-0.1, -0.05) is 36.4 Å². The van der Waals surface area contributed by atoms with E-state index in [1.165, 1.54) is 0 Å². The van der Waals surface area contributed by atoms with Crippen LogP contribution in [-0.2, 0) is 4.79 Å². The molecule has 0 aliphatic heterocycles. The summed E-state index contributed by atoms with van der Waals surface area (Å²) in [5.41, 5.74) is 4.36. The molecule has 0 aliphatic carbocycles. The first-order valence-electron chi connectivity index (χ1n) is 9.53. The lowest BCUT2D eigenvalue weighted by atomic mass is 10.0. The van der Waals surface area contributed by atoms with Crippen LogP contribution in [0.15, 0.2) is 65.1 Å². The predicted octanol–water partition coefficient (Wildman–Crippen LogP) is 6.25. The lowest BCUT2D eigenvalue weighted by molar-refractivity contribution is -0.111. The molecule has 0 spiro atoms. The molecule has 0 aliphatic rings. The molecule has 4 heteroatoms. The number of hydrogen-bond donors (Lipinski definition) is 1. The Morgan fingerprint density at radius 1 is 1.03 bits per heavy atom. The average Bonchev–Trinajstić information content (AvgIpc) is 3.00. The molecular weight excluding hydrogens is 362 g/mol. The molecule has 0 unspecified atom stereocenters. The van der Waals surface area contributed by atoms with Gasteiger partial charge in [0, 0.05) is 34.2 Å². The first-order valence-corrected chi connectivity index (χ1v) is 9.53. The Kier molecular flexibility index (Phi) is 4.85. The van der Waals surface area contributed by atoms with Gasteiger partial charge in [-0.25, -0.2) is 0 Å². The number of fused-ring (bicyclic) bond motifs is 2. The van der Waals surface area contributed by atoms with Gasteiger partial charge in [0.25, 0.3) is 0 Å². The normalized spacial score (nSPS) is 11.8. The summed E-state index contributed by atoms with van der Waals surface area (Å²) in [5, 5.41) is 6.13. The first kappa shape index (κ1) is 18.8. The maximum Gasteiger partial charge on any atom is 0.248 e. The molecule has 1 N–H and O–H groups in total. The highest BCUT2D eigenvalue weighted by molar-refractivity contribution is 6.09. The molecule has 0 saturated carbocycles. The molecule has 29 heavy (non-hydrogen) atoms. The molecule has 4 aromatic rings. The number of furan rings is 1. The van der Waals surface area contributed by atoms with Crippen LogP contribution in [0.2, 0.25) is 0 Å². The Morgan fingerprint density at radius 3 is 2.59 bits per heavy atom. The molecule has 4 rings (SSSR count). The van der Waals surface area contributed by atoms with E-state index in [2.05, 4.69) is 5.32 Å². The lowest BCUT2D eigenvalue weighted by Crippen LogP contribution is -2.09. The number of methoxy groups -OCH3 is 1. The number of carbonyl (C=O) groups is 1. The molecular formula is C25H23NO3. The van der Waals surface area contributed by atoms with Crippen molar-refractivity contribution in [1.82, 2.24) is 0 Å². The Hall–Kier alpha value is -3.53. The van der Waals surface area contributed by atoms with Crippen LogP contribution in [0.25, 0.3) is 27.3 Å². The number of anilines is 1. The molecule has 1 aromatic heterocycles. The van der Waals surface area contributed by atoms with Gasteiger partial charge in [0.2, 0.25) is 5.91 Å². The number of amides is 1. The Labute approximate surface area is 169 Å². The molecule has 0 atom stereocenters. The first-order chi connectivity index (χ1) is 14.0. The summed E-state index contributed by atoms with van der Waals surface area (Å²) >= 11 is 0. The Bertz CT molecular complexity index is 1260. The number of rotatable bonds is 4. The van der Waals surface area contributed by atoms with Gasteiger partial charge < -0.3 is 14.5 Å². The van der Waals surface area contributed by atoms with Crippen LogP contribution in [0.5, 0.6) is 5.75 Å². The zero-order valence-electron chi connectivity index (χ0n) is 17.0. The van der Waals surface area contributed by atoms with Crippen LogP contribution >= 0.6 is 0 Å². The fourth-order valence-corrected chi connectivity index (χ4v) is 3.62. The third-order valence-electron chi connectivity index (χ3n) is 5.32. The molecule has 1 heterocycles. The van der Waals surface area contributed by atoms with Crippen molar-refractivity contribution >= 4 is 38.9 Å². The van der Waals surface area contributed by atoms with Crippen molar-refractivity contribution in [2.45, 2.75) is 20.8 Å². The topological polar surface area (TPSA) is 51.5 Å². The fourth-order valence-electron chi connectivity index (χ4n) is 3.62. The maximum atomic E-state index is 12.7. The van der Waals surface area contributed by atoms with Crippen LogP contribution in [0.4, 0.5) is 5.69 Å². The van der Waals surface area contributed by atoms with Crippen LogP contribution in [-0.4, -0.2) is 13.0 Å². The second kappa shape index (κ2) is 7.47. The third kappa shape index (κ3) is 3.49. The second-order valence-electron chi connectivity index (χ2n) is 7.18. The number of carbonyl (C=O) groups excluding carboxylic acids is 1. The van der Waals surface area contributed by atoms with E-state index in [0.717, 1.165) is 49.9 Å². The van der Waals surface area contributed by atoms with Crippen LogP contribution in [0.3, 0.4) is 0 Å². The second-order valence-corrected chi connectivity index (χ2v) is 7.18. The van der Waals surface area contributed by atoms with Gasteiger partial charge in [-0.2, -0.15) is 0 Å². The van der Waals surface area contributed by atoms with Gasteiger partial charge in [-0.05, 0) is 49.4 Å². The standard InChI is InChI=1S/C25H23NO3/c1-15(20-13-21-16(2)17(3)29-24(21)14-23(20)28-4)12-25(27)26-22-11-7-9-18-8-5-6-10-19(18)22/h5-14H,1-4H3,(H,26,27)/b15-12+. The van der Waals surface area contributed by atoms with Crippen molar-refractivity contribution in [1.29, 1.82) is 0 Å². The quantitative estimate of drug-likeness (QED) is 0.422. The monoisotopic (exact) mass is 385 g/mol. The fraction of sp³-hybridized carbons (Fsp3) is 0.160. The van der Waals surface area contributed by atoms with Crippen molar-refractivity contribution < 1.29 is 13.9 Å². The number of ether oxygens (including phenoxy) is 1. The van der Waals surface area contributed by atoms with Crippen LogP contribution in [0, 0.1) is 13.8 Å². The smallest absolute Gasteiger partial charge is 0.248 e. The minimum Gasteiger partial charge on any atom is -0.496 e. The lowest BCUT2D eigenvalue weighted by Gasteiger charge is -2.10. The van der Waals surface area contributed by atoms with Crippen molar-refractivity contribution in [3.05, 3.63) is 77.6 Å². The highest BCUT2D eigenvalue weighted by Crippen LogP contribution is 2.35. The van der Waals surface area contributed by atoms with Gasteiger partial charge >= 0.3 is 0 Å². The Morgan fingerprint density at radius 2 is 1.79 bits per heavy atom. The SMILES string of the molecule is COc1cc2oc(C)c(C)c2cc1/C(C)=C/C(=O)Nc1cccc2ccccc12. The summed E-state index contributed by atoms with van der Waals surface area (Å²) in [6.45, 7) is 5.89. The van der Waals surface area contributed by atoms with Crippen molar-refractivity contribution in [2.24, 2.45) is 0 Å². The number of nitrogens with one attached hydrogen (secondary N) is 1. The van der Waals surface area contributed by atoms with E-state index >= 15 is 0 Å². The highest BCUT2D eigenvalue weighted by Gasteiger charge is 2.14. The van der Waals surface area contributed by atoms with Gasteiger partial charge in [-0.15, -0.1) is 0 Å². The summed E-state index contributed by atoms with van der Waals surface area (Å²) in [6.07, 6.45) is 1.60. The zero-order chi connectivity index (χ0) is 20.5. The van der Waals surface area contributed by atoms with Gasteiger partial charge in [0.15, 0.2) is 0 Å². The summed E-state index contributed by atoms with van der Waals surface area (Å²) in [7, 11) is 1.62. The minimum atomic E-state index is -0.180. The van der Waals surface area contributed by atoms with E-state index in [1.807, 2.05) is 75.4 Å². The predicted molar refractivity (Wildman–Crippen MR) is 118 cm³/mol. The van der Waals surface area contributed by atoms with Crippen LogP contribution < -0.4 is 10.1 Å². The molecule has 146 valence electrons. The summed E-state index contributed by atoms with van der Waals surface area (Å²) in [4.78, 5) is 12.7. The summed E-state index contributed by atoms with van der Waals surface area (Å²) < 4.78 is 11.3. The maximum absolute atomic E-state index is 12.7. The molecule has 0 fully saturated rings. The molecule has 1 amide bonds. The Balaban J connectivity index is 1.69. The molecule has 0 saturated heterocycles. The molecule has 0 bridgehead atoms. The van der Waals surface area contributed by atoms with E-state index in [-0.39, 0.29) is 5.91 Å². The van der Waals surface area contributed by atoms with Gasteiger partial charge in [0.05, 0.1) is 7.11 Å². The van der Waals surface area contributed by atoms with E-state index in [0.29, 0.717) is 5.75 Å². The van der Waals surface area contributed by atoms with E-state index in [1.54, 1.807) is 13.2 Å². The molecule has 3 aromatic carbocycles. The molecule has 4 nitrogen and oxygen atoms in total. The van der Waals surface area contributed by atoms with E-state index in [9.17, 15) is 4.79 Å². The largest absolute Gasteiger partial charge is 0.496 e. The van der Waals surface area contributed by atoms with Crippen molar-refractivity contribution in [2.75, 3.05) is 12.4 Å². The van der Waals surface area contributed by atoms with Crippen molar-refractivity contribution in [3.8, 4) is 5.75 Å². The van der Waals surface area contributed by atoms with Crippen LogP contribution in [0.1, 0.15) is 23.8 Å². The third-order valence-corrected chi connectivity index (χ3v) is 5.32. The summed E-state index contributed by atoms with van der Waals surface area (Å²) in [6, 6.07) is 17.8. The van der Waals surface area contributed by atoms with Gasteiger partial charge in [-0.3, -0.25) is 4.79 Å². The molecule has 0 radical (unpaired) electrons. The van der Waals surface area contributed by atoms with Gasteiger partial charge in [0.1, 0.15) is 17.1 Å². The number of allylic oxidation sites excluding steroid dienone is 1. The van der Waals surface area contributed by atoms with E-state index < -0.39 is 0 Å². The number of aryl methyl sites for hydroxylation is 2. The number of benzene rings is 3. The highest BCUT2D eigenvalue weighted by atomic mass is 16.5. The van der Waals surface area contributed by atoms with Crippen molar-refractivity contribution in [3.63, 3.8) is 0 Å². The average molecular weight is 385 g/mol. The van der Waals surface area contributed by atoms with E-state index in [4.69, 9.17) is 9.15 Å². The summed E-state index contributed by atoms with van der Waals surface area (Å²) in [5.74, 6) is 1.38.